The van der Waals surface area contributed by atoms with Crippen LogP contribution in [0, 0.1) is 5.92 Å². The molecule has 1 aliphatic carbocycles. The summed E-state index contributed by atoms with van der Waals surface area (Å²) in [5.74, 6) is 0.898. The lowest BCUT2D eigenvalue weighted by Gasteiger charge is -2.36. The molecule has 3 nitrogen and oxygen atoms in total. The molecular weight excluding hydrogens is 222 g/mol. The standard InChI is InChI=1S/C15H27N3/c1-4-13-5-8-15(16,9-6-13)11-14-7-10-18(17-14)12(2)3/h7,10,12-13H,4-6,8-9,11,16H2,1-3H3. The molecule has 0 amide bonds. The zero-order valence-corrected chi connectivity index (χ0v) is 12.0. The molecule has 102 valence electrons. The van der Waals surface area contributed by atoms with Crippen LogP contribution >= 0.6 is 0 Å². The predicted octanol–water partition coefficient (Wildman–Crippen LogP) is 3.30. The van der Waals surface area contributed by atoms with E-state index in [0.29, 0.717) is 6.04 Å². The third-order valence-electron chi connectivity index (χ3n) is 4.40. The van der Waals surface area contributed by atoms with Crippen LogP contribution in [0.1, 0.15) is 64.6 Å². The minimum absolute atomic E-state index is 0.0121. The van der Waals surface area contributed by atoms with Crippen LogP contribution in [0.4, 0.5) is 0 Å². The molecule has 3 heteroatoms. The van der Waals surface area contributed by atoms with Gasteiger partial charge < -0.3 is 5.73 Å². The van der Waals surface area contributed by atoms with Crippen molar-refractivity contribution < 1.29 is 0 Å². The molecule has 0 spiro atoms. The quantitative estimate of drug-likeness (QED) is 0.889. The number of rotatable bonds is 4. The topological polar surface area (TPSA) is 43.8 Å². The fraction of sp³-hybridized carbons (Fsp3) is 0.800. The Morgan fingerprint density at radius 1 is 1.44 bits per heavy atom. The monoisotopic (exact) mass is 249 g/mol. The molecule has 2 rings (SSSR count). The maximum atomic E-state index is 6.54. The summed E-state index contributed by atoms with van der Waals surface area (Å²) in [5.41, 5.74) is 7.69. The third-order valence-corrected chi connectivity index (χ3v) is 4.40. The number of nitrogens with zero attached hydrogens (tertiary/aromatic N) is 2. The average Bonchev–Trinajstić information content (AvgIpc) is 2.78. The van der Waals surface area contributed by atoms with Crippen LogP contribution in [0.15, 0.2) is 12.3 Å². The second-order valence-electron chi connectivity index (χ2n) is 6.27. The van der Waals surface area contributed by atoms with Crippen LogP contribution in [-0.4, -0.2) is 15.3 Å². The Bertz CT molecular complexity index is 373. The Labute approximate surface area is 111 Å². The first-order valence-electron chi connectivity index (χ1n) is 7.35. The van der Waals surface area contributed by atoms with Gasteiger partial charge in [0.1, 0.15) is 0 Å². The van der Waals surface area contributed by atoms with Crippen molar-refractivity contribution in [1.29, 1.82) is 0 Å². The molecule has 0 aliphatic heterocycles. The van der Waals surface area contributed by atoms with Crippen molar-refractivity contribution >= 4 is 0 Å². The van der Waals surface area contributed by atoms with Crippen molar-refractivity contribution in [2.45, 2.75) is 70.9 Å². The molecule has 1 saturated carbocycles. The maximum Gasteiger partial charge on any atom is 0.0643 e. The SMILES string of the molecule is CCC1CCC(N)(Cc2ccn(C(C)C)n2)CC1. The van der Waals surface area contributed by atoms with E-state index in [0.717, 1.165) is 30.9 Å². The van der Waals surface area contributed by atoms with Crippen molar-refractivity contribution in [2.75, 3.05) is 0 Å². The van der Waals surface area contributed by atoms with E-state index in [1.807, 2.05) is 4.68 Å². The summed E-state index contributed by atoms with van der Waals surface area (Å²) in [4.78, 5) is 0. The molecular formula is C15H27N3. The summed E-state index contributed by atoms with van der Waals surface area (Å²) < 4.78 is 2.02. The van der Waals surface area contributed by atoms with Gasteiger partial charge in [-0.1, -0.05) is 13.3 Å². The Hall–Kier alpha value is -0.830. The van der Waals surface area contributed by atoms with Crippen LogP contribution in [0.25, 0.3) is 0 Å². The smallest absolute Gasteiger partial charge is 0.0643 e. The molecule has 0 bridgehead atoms. The van der Waals surface area contributed by atoms with Gasteiger partial charge in [0, 0.05) is 24.2 Å². The van der Waals surface area contributed by atoms with Crippen LogP contribution in [-0.2, 0) is 6.42 Å². The summed E-state index contributed by atoms with van der Waals surface area (Å²) >= 11 is 0. The number of hydrogen-bond donors (Lipinski definition) is 1. The van der Waals surface area contributed by atoms with Gasteiger partial charge in [-0.05, 0) is 51.5 Å². The Balaban J connectivity index is 1.95. The lowest BCUT2D eigenvalue weighted by atomic mass is 9.74. The highest BCUT2D eigenvalue weighted by molar-refractivity contribution is 5.07. The van der Waals surface area contributed by atoms with Crippen LogP contribution in [0.3, 0.4) is 0 Å². The minimum atomic E-state index is -0.0121. The summed E-state index contributed by atoms with van der Waals surface area (Å²) in [6.07, 6.45) is 9.19. The molecule has 0 unspecified atom stereocenters. The van der Waals surface area contributed by atoms with E-state index in [1.165, 1.54) is 19.3 Å². The highest BCUT2D eigenvalue weighted by Crippen LogP contribution is 2.33. The van der Waals surface area contributed by atoms with Gasteiger partial charge in [0.15, 0.2) is 0 Å². The van der Waals surface area contributed by atoms with Gasteiger partial charge in [-0.15, -0.1) is 0 Å². The zero-order chi connectivity index (χ0) is 13.2. The molecule has 1 aromatic heterocycles. The Kier molecular flexibility index (Phi) is 4.10. The molecule has 2 N–H and O–H groups in total. The van der Waals surface area contributed by atoms with Gasteiger partial charge in [-0.2, -0.15) is 5.10 Å². The molecule has 0 saturated heterocycles. The van der Waals surface area contributed by atoms with Gasteiger partial charge in [0.2, 0.25) is 0 Å². The number of nitrogens with two attached hydrogens (primary N) is 1. The van der Waals surface area contributed by atoms with E-state index >= 15 is 0 Å². The largest absolute Gasteiger partial charge is 0.325 e. The second kappa shape index (κ2) is 5.43. The van der Waals surface area contributed by atoms with E-state index in [4.69, 9.17) is 5.73 Å². The lowest BCUT2D eigenvalue weighted by Crippen LogP contribution is -2.45. The van der Waals surface area contributed by atoms with Crippen molar-refractivity contribution in [2.24, 2.45) is 11.7 Å². The lowest BCUT2D eigenvalue weighted by molar-refractivity contribution is 0.227. The number of hydrogen-bond acceptors (Lipinski definition) is 2. The third kappa shape index (κ3) is 3.14. The molecule has 1 fully saturated rings. The van der Waals surface area contributed by atoms with Gasteiger partial charge in [-0.3, -0.25) is 4.68 Å². The van der Waals surface area contributed by atoms with E-state index < -0.39 is 0 Å². The maximum absolute atomic E-state index is 6.54. The molecule has 0 aromatic carbocycles. The van der Waals surface area contributed by atoms with Crippen molar-refractivity contribution in [3.63, 3.8) is 0 Å². The van der Waals surface area contributed by atoms with Crippen LogP contribution in [0.2, 0.25) is 0 Å². The Morgan fingerprint density at radius 3 is 2.61 bits per heavy atom. The van der Waals surface area contributed by atoms with Crippen molar-refractivity contribution in [3.05, 3.63) is 18.0 Å². The van der Waals surface area contributed by atoms with Crippen molar-refractivity contribution in [1.82, 2.24) is 9.78 Å². The fourth-order valence-corrected chi connectivity index (χ4v) is 2.96. The second-order valence-corrected chi connectivity index (χ2v) is 6.27. The van der Waals surface area contributed by atoms with E-state index in [1.54, 1.807) is 0 Å². The summed E-state index contributed by atoms with van der Waals surface area (Å²) in [6.45, 7) is 6.60. The first-order valence-corrected chi connectivity index (χ1v) is 7.35. The van der Waals surface area contributed by atoms with Crippen molar-refractivity contribution in [3.8, 4) is 0 Å². The molecule has 0 radical (unpaired) electrons. The van der Waals surface area contributed by atoms with Crippen LogP contribution in [0.5, 0.6) is 0 Å². The predicted molar refractivity (Wildman–Crippen MR) is 75.5 cm³/mol. The van der Waals surface area contributed by atoms with Gasteiger partial charge >= 0.3 is 0 Å². The molecule has 1 aliphatic rings. The highest BCUT2D eigenvalue weighted by atomic mass is 15.3. The van der Waals surface area contributed by atoms with E-state index in [9.17, 15) is 0 Å². The van der Waals surface area contributed by atoms with E-state index in [2.05, 4.69) is 38.1 Å². The molecule has 1 aromatic rings. The fourth-order valence-electron chi connectivity index (χ4n) is 2.96. The average molecular weight is 249 g/mol. The first-order chi connectivity index (χ1) is 8.52. The normalized spacial score (nSPS) is 28.8. The summed E-state index contributed by atoms with van der Waals surface area (Å²) in [5, 5.41) is 4.62. The van der Waals surface area contributed by atoms with Gasteiger partial charge in [-0.25, -0.2) is 0 Å². The highest BCUT2D eigenvalue weighted by Gasteiger charge is 2.31. The minimum Gasteiger partial charge on any atom is -0.325 e. The molecule has 1 heterocycles. The number of aromatic nitrogens is 2. The van der Waals surface area contributed by atoms with E-state index in [-0.39, 0.29) is 5.54 Å². The molecule has 18 heavy (non-hydrogen) atoms. The van der Waals surface area contributed by atoms with Gasteiger partial charge in [0.05, 0.1) is 5.69 Å². The zero-order valence-electron chi connectivity index (χ0n) is 12.0. The van der Waals surface area contributed by atoms with Gasteiger partial charge in [0.25, 0.3) is 0 Å². The van der Waals surface area contributed by atoms with Crippen LogP contribution < -0.4 is 5.73 Å². The molecule has 0 atom stereocenters. The summed E-state index contributed by atoms with van der Waals surface area (Å²) in [6, 6.07) is 2.56. The first kappa shape index (κ1) is 13.6. The Morgan fingerprint density at radius 2 is 2.11 bits per heavy atom. The summed E-state index contributed by atoms with van der Waals surface area (Å²) in [7, 11) is 0.